The maximum absolute atomic E-state index is 12.1. The molecule has 0 unspecified atom stereocenters. The van der Waals surface area contributed by atoms with Gasteiger partial charge in [-0.2, -0.15) is 0 Å². The average Bonchev–Trinajstić information content (AvgIpc) is 2.39. The number of hydrogen-bond donors (Lipinski definition) is 1. The number of amides is 2. The summed E-state index contributed by atoms with van der Waals surface area (Å²) in [5.41, 5.74) is 0.763. The highest BCUT2D eigenvalue weighted by atomic mass is 16.2. The fraction of sp³-hybridized carbons (Fsp3) is 0.500. The summed E-state index contributed by atoms with van der Waals surface area (Å²) < 4.78 is 0. The smallest absolute Gasteiger partial charge is 0.272 e. The van der Waals surface area contributed by atoms with E-state index in [-0.39, 0.29) is 17.9 Å². The summed E-state index contributed by atoms with van der Waals surface area (Å²) in [5, 5.41) is 2.79. The lowest BCUT2D eigenvalue weighted by Crippen LogP contribution is -2.32. The molecule has 0 radical (unpaired) electrons. The van der Waals surface area contributed by atoms with Crippen LogP contribution in [-0.4, -0.2) is 40.8 Å². The molecule has 1 heterocycles. The van der Waals surface area contributed by atoms with E-state index in [0.717, 1.165) is 0 Å². The third kappa shape index (κ3) is 4.05. The first-order valence-electron chi connectivity index (χ1n) is 6.55. The molecule has 19 heavy (non-hydrogen) atoms. The third-order valence-corrected chi connectivity index (χ3v) is 2.71. The standard InChI is InChI=1S/C14H21N3O2/c1-5-17(6-2)14(19)12-9-11(7-8-15-12)13(18)16-10(3)4/h7-10H,5-6H2,1-4H3,(H,16,18). The average molecular weight is 263 g/mol. The Morgan fingerprint density at radius 2 is 1.95 bits per heavy atom. The van der Waals surface area contributed by atoms with E-state index in [9.17, 15) is 9.59 Å². The van der Waals surface area contributed by atoms with Gasteiger partial charge in [0, 0.05) is 30.9 Å². The molecule has 0 atom stereocenters. The number of rotatable bonds is 5. The quantitative estimate of drug-likeness (QED) is 0.879. The lowest BCUT2D eigenvalue weighted by molar-refractivity contribution is 0.0767. The maximum Gasteiger partial charge on any atom is 0.272 e. The van der Waals surface area contributed by atoms with E-state index in [1.54, 1.807) is 17.0 Å². The fourth-order valence-electron chi connectivity index (χ4n) is 1.71. The molecule has 1 aromatic rings. The number of nitrogens with zero attached hydrogens (tertiary/aromatic N) is 2. The second-order valence-corrected chi connectivity index (χ2v) is 4.54. The van der Waals surface area contributed by atoms with Gasteiger partial charge < -0.3 is 10.2 Å². The van der Waals surface area contributed by atoms with Crippen LogP contribution >= 0.6 is 0 Å². The van der Waals surface area contributed by atoms with Crippen LogP contribution in [0.2, 0.25) is 0 Å². The van der Waals surface area contributed by atoms with Crippen LogP contribution in [0.4, 0.5) is 0 Å². The van der Waals surface area contributed by atoms with Gasteiger partial charge in [-0.1, -0.05) is 0 Å². The second kappa shape index (κ2) is 6.87. The van der Waals surface area contributed by atoms with E-state index in [4.69, 9.17) is 0 Å². The summed E-state index contributed by atoms with van der Waals surface area (Å²) in [4.78, 5) is 29.7. The van der Waals surface area contributed by atoms with Gasteiger partial charge in [0.2, 0.25) is 0 Å². The zero-order valence-electron chi connectivity index (χ0n) is 11.9. The van der Waals surface area contributed by atoms with Crippen LogP contribution in [0.25, 0.3) is 0 Å². The van der Waals surface area contributed by atoms with Gasteiger partial charge in [0.25, 0.3) is 11.8 Å². The summed E-state index contributed by atoms with van der Waals surface area (Å²) in [6, 6.07) is 3.21. The Morgan fingerprint density at radius 1 is 1.32 bits per heavy atom. The van der Waals surface area contributed by atoms with E-state index in [1.807, 2.05) is 27.7 Å². The molecule has 1 N–H and O–H groups in total. The summed E-state index contributed by atoms with van der Waals surface area (Å²) >= 11 is 0. The lowest BCUT2D eigenvalue weighted by Gasteiger charge is -2.18. The van der Waals surface area contributed by atoms with Gasteiger partial charge in [0.1, 0.15) is 5.69 Å². The topological polar surface area (TPSA) is 62.3 Å². The molecule has 0 aliphatic rings. The van der Waals surface area contributed by atoms with E-state index in [1.165, 1.54) is 6.20 Å². The van der Waals surface area contributed by atoms with Crippen LogP contribution in [0, 0.1) is 0 Å². The third-order valence-electron chi connectivity index (χ3n) is 2.71. The van der Waals surface area contributed by atoms with Gasteiger partial charge >= 0.3 is 0 Å². The van der Waals surface area contributed by atoms with Gasteiger partial charge in [-0.3, -0.25) is 14.6 Å². The Labute approximate surface area is 114 Å². The predicted octanol–water partition coefficient (Wildman–Crippen LogP) is 1.70. The molecule has 1 rings (SSSR count). The fourth-order valence-corrected chi connectivity index (χ4v) is 1.71. The van der Waals surface area contributed by atoms with Crippen LogP contribution in [0.15, 0.2) is 18.3 Å². The van der Waals surface area contributed by atoms with Crippen LogP contribution in [0.3, 0.4) is 0 Å². The van der Waals surface area contributed by atoms with Crippen molar-refractivity contribution in [1.82, 2.24) is 15.2 Å². The molecule has 0 saturated carbocycles. The molecule has 5 nitrogen and oxygen atoms in total. The lowest BCUT2D eigenvalue weighted by atomic mass is 10.2. The molecule has 0 spiro atoms. The minimum atomic E-state index is -0.189. The van der Waals surface area contributed by atoms with Crippen molar-refractivity contribution in [3.05, 3.63) is 29.6 Å². The first kappa shape index (κ1) is 15.1. The van der Waals surface area contributed by atoms with Crippen LogP contribution in [0.1, 0.15) is 48.5 Å². The highest BCUT2D eigenvalue weighted by Crippen LogP contribution is 2.06. The normalized spacial score (nSPS) is 10.4. The molecule has 0 fully saturated rings. The van der Waals surface area contributed by atoms with Crippen molar-refractivity contribution in [3.8, 4) is 0 Å². The Morgan fingerprint density at radius 3 is 2.47 bits per heavy atom. The van der Waals surface area contributed by atoms with Crippen molar-refractivity contribution >= 4 is 11.8 Å². The van der Waals surface area contributed by atoms with Crippen LogP contribution in [0.5, 0.6) is 0 Å². The molecule has 2 amide bonds. The Balaban J connectivity index is 2.94. The molecule has 0 bridgehead atoms. The molecule has 0 aromatic carbocycles. The monoisotopic (exact) mass is 263 g/mol. The summed E-state index contributed by atoms with van der Waals surface area (Å²) in [7, 11) is 0. The summed E-state index contributed by atoms with van der Waals surface area (Å²) in [5.74, 6) is -0.338. The maximum atomic E-state index is 12.1. The first-order valence-corrected chi connectivity index (χ1v) is 6.55. The number of pyridine rings is 1. The van der Waals surface area contributed by atoms with Crippen molar-refractivity contribution in [2.75, 3.05) is 13.1 Å². The molecule has 0 aliphatic carbocycles. The van der Waals surface area contributed by atoms with E-state index in [2.05, 4.69) is 10.3 Å². The molecular weight excluding hydrogens is 242 g/mol. The largest absolute Gasteiger partial charge is 0.350 e. The van der Waals surface area contributed by atoms with Gasteiger partial charge in [-0.15, -0.1) is 0 Å². The molecule has 0 saturated heterocycles. The molecule has 104 valence electrons. The zero-order chi connectivity index (χ0) is 14.4. The number of hydrogen-bond acceptors (Lipinski definition) is 3. The summed E-state index contributed by atoms with van der Waals surface area (Å²) in [6.45, 7) is 8.86. The number of nitrogens with one attached hydrogen (secondary N) is 1. The van der Waals surface area contributed by atoms with Gasteiger partial charge in [0.15, 0.2) is 0 Å². The minimum absolute atomic E-state index is 0.0580. The van der Waals surface area contributed by atoms with Crippen molar-refractivity contribution in [3.63, 3.8) is 0 Å². The first-order chi connectivity index (χ1) is 8.99. The van der Waals surface area contributed by atoms with Crippen LogP contribution < -0.4 is 5.32 Å². The SMILES string of the molecule is CCN(CC)C(=O)c1cc(C(=O)NC(C)C)ccn1. The van der Waals surface area contributed by atoms with Crippen molar-refractivity contribution in [1.29, 1.82) is 0 Å². The minimum Gasteiger partial charge on any atom is -0.350 e. The van der Waals surface area contributed by atoms with E-state index in [0.29, 0.717) is 24.3 Å². The Kier molecular flexibility index (Phi) is 5.48. The highest BCUT2D eigenvalue weighted by Gasteiger charge is 2.16. The van der Waals surface area contributed by atoms with Gasteiger partial charge in [0.05, 0.1) is 0 Å². The molecule has 1 aromatic heterocycles. The number of carbonyl (C=O) groups excluding carboxylic acids is 2. The van der Waals surface area contributed by atoms with Crippen molar-refractivity contribution in [2.45, 2.75) is 33.7 Å². The predicted molar refractivity (Wildman–Crippen MR) is 74.1 cm³/mol. The molecular formula is C14H21N3O2. The molecule has 0 aliphatic heterocycles. The number of aromatic nitrogens is 1. The van der Waals surface area contributed by atoms with Gasteiger partial charge in [-0.25, -0.2) is 0 Å². The van der Waals surface area contributed by atoms with Crippen LogP contribution in [-0.2, 0) is 0 Å². The second-order valence-electron chi connectivity index (χ2n) is 4.54. The Hall–Kier alpha value is -1.91. The molecule has 5 heteroatoms. The summed E-state index contributed by atoms with van der Waals surface area (Å²) in [6.07, 6.45) is 1.49. The van der Waals surface area contributed by atoms with Gasteiger partial charge in [-0.05, 0) is 39.8 Å². The van der Waals surface area contributed by atoms with Crippen molar-refractivity contribution < 1.29 is 9.59 Å². The zero-order valence-corrected chi connectivity index (χ0v) is 11.9. The van der Waals surface area contributed by atoms with Crippen molar-refractivity contribution in [2.24, 2.45) is 0 Å². The number of carbonyl (C=O) groups is 2. The Bertz CT molecular complexity index is 454. The van der Waals surface area contributed by atoms with E-state index < -0.39 is 0 Å². The van der Waals surface area contributed by atoms with E-state index >= 15 is 0 Å². The highest BCUT2D eigenvalue weighted by molar-refractivity contribution is 5.98.